The van der Waals surface area contributed by atoms with E-state index in [2.05, 4.69) is 5.10 Å². The number of nitrogens with zero attached hydrogens (tertiary/aromatic N) is 3. The Balaban J connectivity index is 1.66. The number of H-pyrrole nitrogens is 1. The molecule has 6 nitrogen and oxygen atoms in total. The van der Waals surface area contributed by atoms with Crippen LogP contribution in [0.4, 0.5) is 13.2 Å². The molecule has 2 aliphatic rings. The van der Waals surface area contributed by atoms with E-state index >= 15 is 0 Å². The van der Waals surface area contributed by atoms with Gasteiger partial charge in [-0.3, -0.25) is 14.7 Å². The first-order valence-electron chi connectivity index (χ1n) is 8.57. The Labute approximate surface area is 143 Å². The van der Waals surface area contributed by atoms with E-state index in [-0.39, 0.29) is 17.6 Å². The first kappa shape index (κ1) is 17.8. The van der Waals surface area contributed by atoms with Gasteiger partial charge in [0.05, 0.1) is 0 Å². The van der Waals surface area contributed by atoms with Gasteiger partial charge in [-0.2, -0.15) is 18.3 Å². The average Bonchev–Trinajstić information content (AvgIpc) is 3.21. The van der Waals surface area contributed by atoms with Gasteiger partial charge in [0, 0.05) is 38.2 Å². The van der Waals surface area contributed by atoms with Crippen LogP contribution in [0.3, 0.4) is 0 Å². The summed E-state index contributed by atoms with van der Waals surface area (Å²) >= 11 is 0. The number of nitrogens with one attached hydrogen (secondary N) is 1. The van der Waals surface area contributed by atoms with E-state index in [9.17, 15) is 22.8 Å². The third-order valence-electron chi connectivity index (χ3n) is 4.89. The molecule has 9 heteroatoms. The first-order chi connectivity index (χ1) is 11.9. The quantitative estimate of drug-likeness (QED) is 0.899. The van der Waals surface area contributed by atoms with E-state index in [0.717, 1.165) is 38.3 Å². The van der Waals surface area contributed by atoms with Gasteiger partial charge in [-0.25, -0.2) is 0 Å². The van der Waals surface area contributed by atoms with Gasteiger partial charge >= 0.3 is 6.18 Å². The lowest BCUT2D eigenvalue weighted by Crippen LogP contribution is -2.45. The molecule has 2 aliphatic heterocycles. The second kappa shape index (κ2) is 7.05. The Bertz CT molecular complexity index is 644. The topological polar surface area (TPSA) is 69.3 Å². The normalized spacial score (nSPS) is 21.9. The number of likely N-dealkylation sites (tertiary alicyclic amines) is 2. The highest BCUT2D eigenvalue weighted by molar-refractivity contribution is 5.92. The Kier molecular flexibility index (Phi) is 5.01. The number of hydrogen-bond acceptors (Lipinski definition) is 3. The number of halogens is 3. The molecule has 0 aromatic carbocycles. The SMILES string of the molecule is O=C1CCCN1CC[C@@H]1CCCCN1C(=O)c1cc(C(F)(F)F)[nH]n1. The fraction of sp³-hybridized carbons (Fsp3) is 0.688. The molecule has 1 aromatic heterocycles. The summed E-state index contributed by atoms with van der Waals surface area (Å²) in [5.74, 6) is -0.347. The van der Waals surface area contributed by atoms with Gasteiger partial charge in [0.15, 0.2) is 5.69 Å². The number of hydrogen-bond donors (Lipinski definition) is 1. The molecule has 1 N–H and O–H groups in total. The molecular weight excluding hydrogens is 337 g/mol. The van der Waals surface area contributed by atoms with Crippen LogP contribution in [0.15, 0.2) is 6.07 Å². The highest BCUT2D eigenvalue weighted by Gasteiger charge is 2.36. The van der Waals surface area contributed by atoms with Crippen LogP contribution in [-0.2, 0) is 11.0 Å². The van der Waals surface area contributed by atoms with Crippen molar-refractivity contribution in [2.45, 2.75) is 50.7 Å². The summed E-state index contributed by atoms with van der Waals surface area (Å²) in [4.78, 5) is 27.7. The Morgan fingerprint density at radius 1 is 1.28 bits per heavy atom. The van der Waals surface area contributed by atoms with E-state index in [1.54, 1.807) is 9.80 Å². The molecule has 25 heavy (non-hydrogen) atoms. The molecule has 0 radical (unpaired) electrons. The van der Waals surface area contributed by atoms with Gasteiger partial charge in [0.25, 0.3) is 5.91 Å². The summed E-state index contributed by atoms with van der Waals surface area (Å²) in [6.07, 6.45) is 0.111. The Hall–Kier alpha value is -2.06. The zero-order chi connectivity index (χ0) is 18.0. The lowest BCUT2D eigenvalue weighted by atomic mass is 9.98. The molecule has 0 bridgehead atoms. The largest absolute Gasteiger partial charge is 0.432 e. The summed E-state index contributed by atoms with van der Waals surface area (Å²) in [6, 6.07) is 0.693. The Morgan fingerprint density at radius 3 is 2.72 bits per heavy atom. The summed E-state index contributed by atoms with van der Waals surface area (Å²) in [5.41, 5.74) is -1.23. The maximum Gasteiger partial charge on any atom is 0.432 e. The predicted molar refractivity (Wildman–Crippen MR) is 82.7 cm³/mol. The van der Waals surface area contributed by atoms with Gasteiger partial charge < -0.3 is 9.80 Å². The molecule has 0 spiro atoms. The molecule has 3 heterocycles. The first-order valence-corrected chi connectivity index (χ1v) is 8.57. The monoisotopic (exact) mass is 358 g/mol. The van der Waals surface area contributed by atoms with Crippen molar-refractivity contribution in [3.05, 3.63) is 17.5 Å². The van der Waals surface area contributed by atoms with Gasteiger partial charge in [-0.1, -0.05) is 0 Å². The molecule has 138 valence electrons. The van der Waals surface area contributed by atoms with Crippen LogP contribution in [-0.4, -0.2) is 57.5 Å². The van der Waals surface area contributed by atoms with Crippen molar-refractivity contribution in [3.8, 4) is 0 Å². The number of piperidine rings is 1. The van der Waals surface area contributed by atoms with E-state index in [1.807, 2.05) is 5.10 Å². The number of aromatic nitrogens is 2. The second-order valence-corrected chi connectivity index (χ2v) is 6.59. The van der Waals surface area contributed by atoms with E-state index in [1.165, 1.54) is 0 Å². The van der Waals surface area contributed by atoms with Crippen molar-refractivity contribution in [3.63, 3.8) is 0 Å². The van der Waals surface area contributed by atoms with Crippen LogP contribution < -0.4 is 0 Å². The van der Waals surface area contributed by atoms with E-state index in [4.69, 9.17) is 0 Å². The maximum atomic E-state index is 12.7. The predicted octanol–water partition coefficient (Wildman–Crippen LogP) is 2.44. The van der Waals surface area contributed by atoms with Crippen LogP contribution in [0.25, 0.3) is 0 Å². The smallest absolute Gasteiger partial charge is 0.343 e. The summed E-state index contributed by atoms with van der Waals surface area (Å²) in [6.45, 7) is 1.83. The van der Waals surface area contributed by atoms with Crippen LogP contribution in [0, 0.1) is 0 Å². The minimum Gasteiger partial charge on any atom is -0.343 e. The van der Waals surface area contributed by atoms with Gasteiger partial charge in [0.2, 0.25) is 5.91 Å². The van der Waals surface area contributed by atoms with Gasteiger partial charge in [-0.05, 0) is 32.1 Å². The molecule has 1 atom stereocenters. The zero-order valence-electron chi connectivity index (χ0n) is 13.8. The molecular formula is C16H21F3N4O2. The van der Waals surface area contributed by atoms with E-state index < -0.39 is 17.8 Å². The van der Waals surface area contributed by atoms with Crippen molar-refractivity contribution >= 4 is 11.8 Å². The van der Waals surface area contributed by atoms with Crippen molar-refractivity contribution in [2.75, 3.05) is 19.6 Å². The number of amides is 2. The molecule has 2 amide bonds. The lowest BCUT2D eigenvalue weighted by molar-refractivity contribution is -0.141. The number of alkyl halides is 3. The highest BCUT2D eigenvalue weighted by Crippen LogP contribution is 2.29. The number of rotatable bonds is 4. The average molecular weight is 358 g/mol. The standard InChI is InChI=1S/C16H21F3N4O2/c17-16(18,19)13-10-12(20-21-13)15(25)23-8-2-1-4-11(23)6-9-22-7-3-5-14(22)24/h10-11H,1-9H2,(H,20,21)/t11-/m0/s1. The van der Waals surface area contributed by atoms with Crippen molar-refractivity contribution in [1.29, 1.82) is 0 Å². The summed E-state index contributed by atoms with van der Waals surface area (Å²) in [5, 5.41) is 5.43. The lowest BCUT2D eigenvalue weighted by Gasteiger charge is -2.36. The van der Waals surface area contributed by atoms with Crippen molar-refractivity contribution < 1.29 is 22.8 Å². The summed E-state index contributed by atoms with van der Waals surface area (Å²) in [7, 11) is 0. The molecule has 0 aliphatic carbocycles. The number of carbonyl (C=O) groups excluding carboxylic acids is 2. The number of aromatic amines is 1. The zero-order valence-corrected chi connectivity index (χ0v) is 13.8. The highest BCUT2D eigenvalue weighted by atomic mass is 19.4. The Morgan fingerprint density at radius 2 is 2.08 bits per heavy atom. The fourth-order valence-corrected chi connectivity index (χ4v) is 3.54. The molecule has 2 saturated heterocycles. The van der Waals surface area contributed by atoms with Crippen LogP contribution in [0.2, 0.25) is 0 Å². The molecule has 3 rings (SSSR count). The minimum atomic E-state index is -4.55. The third-order valence-corrected chi connectivity index (χ3v) is 4.89. The minimum absolute atomic E-state index is 0.0688. The van der Waals surface area contributed by atoms with Gasteiger partial charge in [-0.15, -0.1) is 0 Å². The van der Waals surface area contributed by atoms with Gasteiger partial charge in [0.1, 0.15) is 5.69 Å². The van der Waals surface area contributed by atoms with Crippen LogP contribution in [0.1, 0.15) is 54.7 Å². The van der Waals surface area contributed by atoms with Crippen LogP contribution in [0.5, 0.6) is 0 Å². The molecule has 2 fully saturated rings. The van der Waals surface area contributed by atoms with Crippen molar-refractivity contribution in [1.82, 2.24) is 20.0 Å². The van der Waals surface area contributed by atoms with Crippen molar-refractivity contribution in [2.24, 2.45) is 0 Å². The molecule has 0 unspecified atom stereocenters. The summed E-state index contributed by atoms with van der Waals surface area (Å²) < 4.78 is 38.0. The molecule has 1 aromatic rings. The number of carbonyl (C=O) groups is 2. The second-order valence-electron chi connectivity index (χ2n) is 6.59. The van der Waals surface area contributed by atoms with E-state index in [0.29, 0.717) is 25.9 Å². The molecule has 0 saturated carbocycles. The maximum absolute atomic E-state index is 12.7. The van der Waals surface area contributed by atoms with Crippen LogP contribution >= 0.6 is 0 Å². The fourth-order valence-electron chi connectivity index (χ4n) is 3.54. The third kappa shape index (κ3) is 3.96.